The van der Waals surface area contributed by atoms with E-state index in [9.17, 15) is 13.2 Å². The van der Waals surface area contributed by atoms with Gasteiger partial charge >= 0.3 is 12.1 Å². The van der Waals surface area contributed by atoms with Crippen LogP contribution in [0.3, 0.4) is 0 Å². The van der Waals surface area contributed by atoms with Crippen LogP contribution in [0.5, 0.6) is 0 Å². The Bertz CT molecular complexity index is 1170. The lowest BCUT2D eigenvalue weighted by Gasteiger charge is -2.36. The summed E-state index contributed by atoms with van der Waals surface area (Å²) < 4.78 is 39.3. The minimum absolute atomic E-state index is 0.378. The van der Waals surface area contributed by atoms with Gasteiger partial charge in [-0.05, 0) is 68.8 Å². The molecule has 8 nitrogen and oxygen atoms in total. The number of nitrogens with zero attached hydrogens (tertiary/aromatic N) is 5. The highest BCUT2D eigenvalue weighted by molar-refractivity contribution is 5.83. The Balaban J connectivity index is 0.000000320. The number of carboxylic acid groups (broad SMARTS) is 1. The fourth-order valence-corrected chi connectivity index (χ4v) is 4.78. The molecule has 3 heterocycles. The first-order chi connectivity index (χ1) is 16.8. The molecule has 1 saturated heterocycles. The first kappa shape index (κ1) is 23.8. The van der Waals surface area contributed by atoms with E-state index in [1.54, 1.807) is 0 Å². The normalized spacial score (nSPS) is 19.9. The van der Waals surface area contributed by atoms with Crippen molar-refractivity contribution < 1.29 is 27.6 Å². The van der Waals surface area contributed by atoms with E-state index in [1.165, 1.54) is 49.7 Å². The summed E-state index contributed by atoms with van der Waals surface area (Å²) in [6.45, 7) is 3.58. The van der Waals surface area contributed by atoms with Crippen LogP contribution in [0.2, 0.25) is 0 Å². The molecule has 1 aromatic carbocycles. The van der Waals surface area contributed by atoms with Crippen molar-refractivity contribution in [1.29, 1.82) is 0 Å². The zero-order valence-corrected chi connectivity index (χ0v) is 19.2. The average Bonchev–Trinajstić information content (AvgIpc) is 3.40. The first-order valence-electron chi connectivity index (χ1n) is 12.1. The van der Waals surface area contributed by atoms with Crippen LogP contribution in [-0.4, -0.2) is 61.7 Å². The van der Waals surface area contributed by atoms with E-state index in [-0.39, 0.29) is 0 Å². The number of aliphatic carboxylic acids is 1. The molecule has 0 radical (unpaired) electrons. The van der Waals surface area contributed by atoms with Gasteiger partial charge in [0, 0.05) is 23.8 Å². The quantitative estimate of drug-likeness (QED) is 0.542. The molecule has 0 unspecified atom stereocenters. The van der Waals surface area contributed by atoms with E-state index in [2.05, 4.69) is 34.3 Å². The predicted octanol–water partition coefficient (Wildman–Crippen LogP) is 4.90. The summed E-state index contributed by atoms with van der Waals surface area (Å²) in [6.07, 6.45) is 3.89. The fourth-order valence-electron chi connectivity index (χ4n) is 4.78. The van der Waals surface area contributed by atoms with Crippen LogP contribution in [-0.2, 0) is 4.79 Å². The number of fused-ring (bicyclic) bond motifs is 1. The number of rotatable bonds is 5. The second kappa shape index (κ2) is 9.60. The van der Waals surface area contributed by atoms with Crippen LogP contribution >= 0.6 is 0 Å². The molecule has 0 spiro atoms. The topological polar surface area (TPSA) is 97.3 Å². The Morgan fingerprint density at radius 1 is 1.06 bits per heavy atom. The molecule has 2 aliphatic carbocycles. The molecule has 0 amide bonds. The number of para-hydroxylation sites is 1. The minimum atomic E-state index is -5.08. The van der Waals surface area contributed by atoms with Crippen LogP contribution in [0.1, 0.15) is 68.4 Å². The Morgan fingerprint density at radius 3 is 2.34 bits per heavy atom. The number of carbonyl (C=O) groups is 1. The van der Waals surface area contributed by atoms with Crippen molar-refractivity contribution >= 4 is 16.9 Å². The van der Waals surface area contributed by atoms with E-state index in [0.29, 0.717) is 17.8 Å². The van der Waals surface area contributed by atoms with Crippen LogP contribution in [0, 0.1) is 5.92 Å². The molecule has 11 heteroatoms. The van der Waals surface area contributed by atoms with E-state index < -0.39 is 12.1 Å². The standard InChI is InChI=1S/C22H27N5O.C2HF3O2/c1-2-7-19-18(6-1)20(16-8-9-16)24-27(19)22-23-21(28-25-22)17-10-12-26(13-11-17)14-15-4-3-5-15;3-2(4,5)1(6)7/h1-2,6-7,15-17H,3-5,8-14H2;(H,6,7). The summed E-state index contributed by atoms with van der Waals surface area (Å²) in [5, 5.41) is 17.5. The van der Waals surface area contributed by atoms with Crippen molar-refractivity contribution in [2.45, 2.75) is 63.0 Å². The Morgan fingerprint density at radius 2 is 1.74 bits per heavy atom. The van der Waals surface area contributed by atoms with E-state index >= 15 is 0 Å². The number of hydrogen-bond donors (Lipinski definition) is 1. The maximum atomic E-state index is 10.6. The highest BCUT2D eigenvalue weighted by atomic mass is 19.4. The van der Waals surface area contributed by atoms with E-state index in [1.807, 2.05) is 4.68 Å². The van der Waals surface area contributed by atoms with Crippen molar-refractivity contribution in [3.63, 3.8) is 0 Å². The van der Waals surface area contributed by atoms with Crippen molar-refractivity contribution in [3.05, 3.63) is 35.9 Å². The van der Waals surface area contributed by atoms with Gasteiger partial charge in [-0.2, -0.15) is 27.9 Å². The molecule has 2 aromatic heterocycles. The molecule has 1 aliphatic heterocycles. The van der Waals surface area contributed by atoms with Crippen molar-refractivity contribution in [2.24, 2.45) is 5.92 Å². The van der Waals surface area contributed by atoms with Crippen LogP contribution < -0.4 is 0 Å². The number of halogens is 3. The molecule has 188 valence electrons. The van der Waals surface area contributed by atoms with E-state index in [0.717, 1.165) is 43.3 Å². The molecule has 3 aromatic rings. The summed E-state index contributed by atoms with van der Waals surface area (Å²) in [7, 11) is 0. The smallest absolute Gasteiger partial charge is 0.475 e. The van der Waals surface area contributed by atoms with Crippen molar-refractivity contribution in [2.75, 3.05) is 19.6 Å². The van der Waals surface area contributed by atoms with E-state index in [4.69, 9.17) is 24.5 Å². The summed E-state index contributed by atoms with van der Waals surface area (Å²) in [5.74, 6) is 0.523. The maximum absolute atomic E-state index is 10.6. The highest BCUT2D eigenvalue weighted by Crippen LogP contribution is 2.42. The second-order valence-corrected chi connectivity index (χ2v) is 9.70. The third kappa shape index (κ3) is 5.34. The SMILES string of the molecule is O=C(O)C(F)(F)F.c1ccc2c(c1)c(C1CC1)nn2-c1noc(C2CCN(CC3CCC3)CC2)n1. The highest BCUT2D eigenvalue weighted by Gasteiger charge is 2.38. The molecular weight excluding hydrogens is 463 g/mol. The largest absolute Gasteiger partial charge is 0.490 e. The lowest BCUT2D eigenvalue weighted by Crippen LogP contribution is -2.38. The number of likely N-dealkylation sites (tertiary alicyclic amines) is 1. The van der Waals surface area contributed by atoms with Gasteiger partial charge in [-0.3, -0.25) is 0 Å². The number of benzene rings is 1. The molecule has 3 aliphatic rings. The van der Waals surface area contributed by atoms with Gasteiger partial charge in [0.2, 0.25) is 5.89 Å². The van der Waals surface area contributed by atoms with Gasteiger partial charge in [0.05, 0.1) is 11.2 Å². The van der Waals surface area contributed by atoms with Gasteiger partial charge in [0.25, 0.3) is 5.95 Å². The lowest BCUT2D eigenvalue weighted by atomic mass is 9.84. The minimum Gasteiger partial charge on any atom is -0.475 e. The predicted molar refractivity (Wildman–Crippen MR) is 120 cm³/mol. The molecule has 0 bridgehead atoms. The third-order valence-electron chi connectivity index (χ3n) is 7.12. The van der Waals surface area contributed by atoms with Gasteiger partial charge in [-0.25, -0.2) is 4.79 Å². The average molecular weight is 492 g/mol. The Hall–Kier alpha value is -2.95. The number of piperidine rings is 1. The maximum Gasteiger partial charge on any atom is 0.490 e. The van der Waals surface area contributed by atoms with Crippen molar-refractivity contribution in [3.8, 4) is 5.95 Å². The molecule has 35 heavy (non-hydrogen) atoms. The third-order valence-corrected chi connectivity index (χ3v) is 7.12. The number of aromatic nitrogens is 4. The molecule has 1 N–H and O–H groups in total. The summed E-state index contributed by atoms with van der Waals surface area (Å²) in [4.78, 5) is 16.3. The first-order valence-corrected chi connectivity index (χ1v) is 12.1. The zero-order valence-electron chi connectivity index (χ0n) is 19.2. The van der Waals surface area contributed by atoms with Gasteiger partial charge in [-0.1, -0.05) is 24.6 Å². The Labute approximate surface area is 200 Å². The van der Waals surface area contributed by atoms with Crippen LogP contribution in [0.4, 0.5) is 13.2 Å². The number of carboxylic acids is 1. The summed E-state index contributed by atoms with van der Waals surface area (Å²) in [6, 6.07) is 8.39. The lowest BCUT2D eigenvalue weighted by molar-refractivity contribution is -0.192. The number of hydrogen-bond acceptors (Lipinski definition) is 6. The molecule has 2 saturated carbocycles. The van der Waals surface area contributed by atoms with Gasteiger partial charge in [-0.15, -0.1) is 0 Å². The molecule has 6 rings (SSSR count). The van der Waals surface area contributed by atoms with Crippen LogP contribution in [0.15, 0.2) is 28.8 Å². The summed E-state index contributed by atoms with van der Waals surface area (Å²) >= 11 is 0. The van der Waals surface area contributed by atoms with Crippen molar-refractivity contribution in [1.82, 2.24) is 24.8 Å². The summed E-state index contributed by atoms with van der Waals surface area (Å²) in [5.41, 5.74) is 2.26. The van der Waals surface area contributed by atoms with Gasteiger partial charge in [0.15, 0.2) is 0 Å². The zero-order chi connectivity index (χ0) is 24.6. The second-order valence-electron chi connectivity index (χ2n) is 9.70. The molecule has 3 fully saturated rings. The molecule has 0 atom stereocenters. The van der Waals surface area contributed by atoms with Gasteiger partial charge < -0.3 is 14.5 Å². The van der Waals surface area contributed by atoms with Crippen LogP contribution in [0.25, 0.3) is 16.9 Å². The fraction of sp³-hybridized carbons (Fsp3) is 0.583. The number of alkyl halides is 3. The monoisotopic (exact) mass is 491 g/mol. The molecular formula is C24H28F3N5O3. The van der Waals surface area contributed by atoms with Gasteiger partial charge in [0.1, 0.15) is 0 Å². The Kier molecular flexibility index (Phi) is 6.52.